The average Bonchev–Trinajstić information content (AvgIpc) is 3.99. The van der Waals surface area contributed by atoms with Crippen molar-refractivity contribution in [1.82, 2.24) is 10.4 Å². The van der Waals surface area contributed by atoms with Gasteiger partial charge in [-0.15, -0.1) is 151 Å². The fourth-order valence-corrected chi connectivity index (χ4v) is 28.2. The first-order valence-electron chi connectivity index (χ1n) is 22.3. The number of nitrogens with zero attached hydrogens (tertiary/aromatic N) is 1. The summed E-state index contributed by atoms with van der Waals surface area (Å²) >= 11 is 20.5. The number of carbonyl (C=O) groups excluding carboxylic acids is 1. The largest absolute Gasteiger partial charge is 0.478 e. The summed E-state index contributed by atoms with van der Waals surface area (Å²) < 4.78 is -2.26. The van der Waals surface area contributed by atoms with Crippen LogP contribution in [0.3, 0.4) is 0 Å². The highest BCUT2D eigenvalue weighted by molar-refractivity contribution is 8.23. The molecule has 0 bridgehead atoms. The standard InChI is InChI=1S/C48H55N2O6S12/c1-41(2)17-18(42(3,4)50(41)56)49-38(51)23-32-26(57-43(5,6)63-32)20(27-33(23)64-44(7,8)58-27)19(21-28-34(65-45(9,10)59-28)24(39(52)53)35-29(21)60-46(11,12)66-35)22-30-36(67-47(13,14)61-30)25(40(54)55)37-31(22)62-48(15,16)68-37/h18-19H,17H2,1-16H3,(H,49,51)(H,52,53)(H,54,55)/i49+0. The minimum Gasteiger partial charge on any atom is -0.478 e. The van der Waals surface area contributed by atoms with Gasteiger partial charge >= 0.3 is 11.9 Å². The van der Waals surface area contributed by atoms with E-state index in [2.05, 4.69) is 88.4 Å². The molecular formula is C48H55N2O6S12. The molecule has 1 atom stereocenters. The first-order chi connectivity index (χ1) is 31.1. The third-order valence-electron chi connectivity index (χ3n) is 12.7. The molecule has 3 aromatic rings. The minimum absolute atomic E-state index is 0.175. The highest BCUT2D eigenvalue weighted by Crippen LogP contribution is 2.75. The van der Waals surface area contributed by atoms with Gasteiger partial charge in [-0.05, 0) is 134 Å². The van der Waals surface area contributed by atoms with E-state index in [0.29, 0.717) is 23.1 Å². The number of carboxylic acids is 2. The van der Waals surface area contributed by atoms with Crippen LogP contribution in [0.4, 0.5) is 0 Å². The van der Waals surface area contributed by atoms with Gasteiger partial charge in [0.15, 0.2) is 0 Å². The molecule has 20 heteroatoms. The van der Waals surface area contributed by atoms with E-state index >= 15 is 4.79 Å². The lowest BCUT2D eigenvalue weighted by atomic mass is 9.83. The van der Waals surface area contributed by atoms with Gasteiger partial charge in [0.2, 0.25) is 0 Å². The molecule has 1 saturated heterocycles. The highest BCUT2D eigenvalue weighted by atomic mass is 32.2. The Balaban J connectivity index is 1.37. The van der Waals surface area contributed by atoms with Crippen LogP contribution >= 0.6 is 141 Å². The Morgan fingerprint density at radius 1 is 0.441 bits per heavy atom. The molecule has 0 saturated carbocycles. The van der Waals surface area contributed by atoms with Gasteiger partial charge in [0, 0.05) is 70.2 Å². The van der Waals surface area contributed by atoms with Crippen LogP contribution in [0.25, 0.3) is 0 Å². The predicted molar refractivity (Wildman–Crippen MR) is 296 cm³/mol. The molecule has 1 amide bonds. The molecule has 1 fully saturated rings. The second-order valence-electron chi connectivity index (χ2n) is 22.0. The molecule has 0 spiro atoms. The number of thioether (sulfide) groups is 12. The van der Waals surface area contributed by atoms with Crippen molar-refractivity contribution in [2.75, 3.05) is 0 Å². The minimum atomic E-state index is -0.930. The van der Waals surface area contributed by atoms with Crippen molar-refractivity contribution >= 4 is 159 Å². The summed E-state index contributed by atoms with van der Waals surface area (Å²) in [4.78, 5) is 53.9. The lowest BCUT2D eigenvalue weighted by Gasteiger charge is -2.34. The SMILES string of the molecule is CC1(C)Sc2c(c(C(c3c4c(c(C(=O)O)c5c3SC(C)(C)S5)SC(C)(C)S4)c3c4c(c(C(=O)[14NH]C5CC(C)(C)N([O])C5(C)C)c5c3SC(C)(C)S5)SC(C)(C)S4)c3c(c2C(=O)O)SC(C)(C)S3)S1. The van der Waals surface area contributed by atoms with E-state index in [1.165, 1.54) is 0 Å². The summed E-state index contributed by atoms with van der Waals surface area (Å²) in [5.74, 6) is -2.52. The van der Waals surface area contributed by atoms with Gasteiger partial charge in [-0.2, -0.15) is 0 Å². The number of benzene rings is 3. The summed E-state index contributed by atoms with van der Waals surface area (Å²) in [5.41, 5.74) is 3.19. The van der Waals surface area contributed by atoms with Crippen LogP contribution < -0.4 is 5.32 Å². The molecule has 1 unspecified atom stereocenters. The van der Waals surface area contributed by atoms with Crippen LogP contribution in [0, 0.1) is 0 Å². The molecule has 1 radical (unpaired) electrons. The number of hydrogen-bond acceptors (Lipinski definition) is 16. The topological polar surface area (TPSA) is 127 Å². The first-order valence-corrected chi connectivity index (χ1v) is 32.1. The maximum atomic E-state index is 15.5. The van der Waals surface area contributed by atoms with E-state index in [0.717, 1.165) is 80.5 Å². The lowest BCUT2D eigenvalue weighted by molar-refractivity contribution is -0.246. The van der Waals surface area contributed by atoms with Crippen LogP contribution in [0.5, 0.6) is 0 Å². The summed E-state index contributed by atoms with van der Waals surface area (Å²) in [6.45, 7) is 34.0. The fraction of sp³-hybridized carbons (Fsp3) is 0.562. The van der Waals surface area contributed by atoms with Crippen LogP contribution in [0.2, 0.25) is 0 Å². The van der Waals surface area contributed by atoms with Crippen molar-refractivity contribution in [3.8, 4) is 0 Å². The zero-order valence-corrected chi connectivity index (χ0v) is 50.5. The number of amides is 1. The summed E-state index contributed by atoms with van der Waals surface area (Å²) in [6.07, 6.45) is 0.516. The van der Waals surface area contributed by atoms with Crippen LogP contribution in [-0.2, 0) is 5.21 Å². The van der Waals surface area contributed by atoms with E-state index in [1.807, 2.05) is 27.7 Å². The third kappa shape index (κ3) is 8.38. The van der Waals surface area contributed by atoms with Crippen molar-refractivity contribution in [3.63, 3.8) is 0 Å². The normalized spacial score (nSPS) is 25.2. The maximum Gasteiger partial charge on any atom is 0.338 e. The van der Waals surface area contributed by atoms with Crippen LogP contribution in [0.1, 0.15) is 171 Å². The van der Waals surface area contributed by atoms with Crippen molar-refractivity contribution in [2.45, 2.75) is 223 Å². The molecule has 7 aliphatic rings. The van der Waals surface area contributed by atoms with Gasteiger partial charge < -0.3 is 15.5 Å². The van der Waals surface area contributed by atoms with Crippen molar-refractivity contribution in [1.29, 1.82) is 0 Å². The monoisotopic (exact) mass is 1140 g/mol. The van der Waals surface area contributed by atoms with E-state index in [-0.39, 0.29) is 36.4 Å². The van der Waals surface area contributed by atoms with Gasteiger partial charge in [-0.3, -0.25) is 4.79 Å². The van der Waals surface area contributed by atoms with Gasteiger partial charge in [-0.1, -0.05) is 0 Å². The number of aromatic carboxylic acids is 2. The number of hydroxylamine groups is 2. The first kappa shape index (κ1) is 51.7. The second kappa shape index (κ2) is 16.3. The fourth-order valence-electron chi connectivity index (χ4n) is 10.3. The Bertz CT molecular complexity index is 2600. The lowest BCUT2D eigenvalue weighted by Crippen LogP contribution is -2.52. The predicted octanol–water partition coefficient (Wildman–Crippen LogP) is 16.6. The summed E-state index contributed by atoms with van der Waals surface area (Å²) in [7, 11) is 0. The molecule has 7 heterocycles. The Hall–Kier alpha value is 0.190. The van der Waals surface area contributed by atoms with Crippen molar-refractivity contribution < 1.29 is 29.8 Å². The number of fused-ring (bicyclic) bond motifs is 6. The van der Waals surface area contributed by atoms with Crippen LogP contribution in [-0.4, -0.2) is 74.7 Å². The Labute approximate surface area is 451 Å². The highest BCUT2D eigenvalue weighted by Gasteiger charge is 2.56. The van der Waals surface area contributed by atoms with Crippen LogP contribution in [0.15, 0.2) is 58.7 Å². The average molecular weight is 1140 g/mol. The quantitative estimate of drug-likeness (QED) is 0.194. The van der Waals surface area contributed by atoms with E-state index in [4.69, 9.17) is 0 Å². The molecular weight excluding hydrogens is 1090 g/mol. The van der Waals surface area contributed by atoms with E-state index in [1.54, 1.807) is 141 Å². The summed E-state index contributed by atoms with van der Waals surface area (Å²) in [5, 5.41) is 40.7. The molecule has 365 valence electrons. The number of carboxylic acid groups (broad SMARTS) is 2. The molecule has 10 rings (SSSR count). The summed E-state index contributed by atoms with van der Waals surface area (Å²) in [6, 6.07) is -0.386. The zero-order chi connectivity index (χ0) is 49.8. The maximum absolute atomic E-state index is 15.5. The Kier molecular flexibility index (Phi) is 12.4. The van der Waals surface area contributed by atoms with Gasteiger partial charge in [0.05, 0.1) is 52.7 Å². The molecule has 0 aliphatic carbocycles. The molecule has 7 aliphatic heterocycles. The molecule has 0 aromatic heterocycles. The van der Waals surface area contributed by atoms with E-state index in [9.17, 15) is 25.0 Å². The van der Waals surface area contributed by atoms with Crippen molar-refractivity contribution in [2.24, 2.45) is 0 Å². The van der Waals surface area contributed by atoms with Gasteiger partial charge in [0.25, 0.3) is 5.91 Å². The Morgan fingerprint density at radius 3 is 0.897 bits per heavy atom. The molecule has 3 N–H and O–H groups in total. The smallest absolute Gasteiger partial charge is 0.338 e. The molecule has 68 heavy (non-hydrogen) atoms. The number of nitrogens with one attached hydrogen (secondary N) is 1. The molecule has 8 nitrogen and oxygen atoms in total. The van der Waals surface area contributed by atoms with E-state index < -0.39 is 28.9 Å². The number of rotatable bonds is 7. The third-order valence-corrected chi connectivity index (χ3v) is 29.8. The van der Waals surface area contributed by atoms with Crippen molar-refractivity contribution in [3.05, 3.63) is 33.4 Å². The second-order valence-corrected chi connectivity index (χ2v) is 43.1. The number of hydrogen-bond donors (Lipinski definition) is 3. The van der Waals surface area contributed by atoms with Gasteiger partial charge in [-0.25, -0.2) is 9.59 Å². The van der Waals surface area contributed by atoms with Gasteiger partial charge in [0.1, 0.15) is 0 Å². The molecule has 3 aromatic carbocycles. The number of carbonyl (C=O) groups is 3. The Morgan fingerprint density at radius 2 is 0.676 bits per heavy atom. The zero-order valence-electron chi connectivity index (χ0n) is 40.7.